The summed E-state index contributed by atoms with van der Waals surface area (Å²) in [5.41, 5.74) is 4.28. The Morgan fingerprint density at radius 1 is 0.615 bits per heavy atom. The van der Waals surface area contributed by atoms with Crippen LogP contribution in [0.25, 0.3) is 11.4 Å². The van der Waals surface area contributed by atoms with Gasteiger partial charge >= 0.3 is 26.2 Å². The maximum absolute atomic E-state index is 4.89. The van der Waals surface area contributed by atoms with E-state index in [2.05, 4.69) is 93.3 Å². The molecule has 39 heavy (non-hydrogen) atoms. The molecule has 0 aliphatic heterocycles. The summed E-state index contributed by atoms with van der Waals surface area (Å²) in [4.78, 5) is 4.32. The summed E-state index contributed by atoms with van der Waals surface area (Å²) in [5.74, 6) is 0. The fraction of sp³-hybridized carbons (Fsp3) is 0.231. The van der Waals surface area contributed by atoms with Crippen LogP contribution in [0.15, 0.2) is 89.2 Å². The SMILES string of the molecule is CN(C)Cc1[c]c(CN(C)C)ccc1.[Bi+2].[S-]c1nnnn1-c1ccccc1.[S-]c1nnnn1-c1ccccc1. The van der Waals surface area contributed by atoms with Crippen molar-refractivity contribution in [3.8, 4) is 11.4 Å². The Morgan fingerprint density at radius 3 is 1.31 bits per heavy atom. The second-order valence-electron chi connectivity index (χ2n) is 8.59. The summed E-state index contributed by atoms with van der Waals surface area (Å²) in [7, 11) is 8.30. The van der Waals surface area contributed by atoms with E-state index >= 15 is 0 Å². The molecule has 0 N–H and O–H groups in total. The molecule has 0 aliphatic rings. The van der Waals surface area contributed by atoms with Gasteiger partial charge in [0, 0.05) is 23.4 Å². The molecule has 2 aromatic heterocycles. The van der Waals surface area contributed by atoms with E-state index in [0.717, 1.165) is 24.5 Å². The number of para-hydroxylation sites is 2. The molecule has 200 valence electrons. The molecule has 4 radical (unpaired) electrons. The van der Waals surface area contributed by atoms with E-state index in [9.17, 15) is 0 Å². The molecule has 0 bridgehead atoms. The normalized spacial score (nSPS) is 10.2. The zero-order valence-electron chi connectivity index (χ0n) is 22.2. The molecule has 2 heterocycles. The molecule has 0 fully saturated rings. The second-order valence-corrected chi connectivity index (χ2v) is 9.32. The van der Waals surface area contributed by atoms with Gasteiger partial charge in [0.25, 0.3) is 0 Å². The molecule has 5 aromatic rings. The van der Waals surface area contributed by atoms with Gasteiger partial charge in [0.15, 0.2) is 0 Å². The number of hydrogen-bond donors (Lipinski definition) is 0. The molecular formula is C26H29BiN10S2. The number of benzene rings is 3. The van der Waals surface area contributed by atoms with E-state index in [1.165, 1.54) is 20.5 Å². The molecule has 10 nitrogen and oxygen atoms in total. The van der Waals surface area contributed by atoms with Gasteiger partial charge in [-0.15, -0.1) is 10.2 Å². The summed E-state index contributed by atoms with van der Waals surface area (Å²) in [6, 6.07) is 28.8. The van der Waals surface area contributed by atoms with Crippen molar-refractivity contribution in [3.05, 3.63) is 96.1 Å². The van der Waals surface area contributed by atoms with Crippen LogP contribution in [-0.4, -0.2) is 105 Å². The van der Waals surface area contributed by atoms with Crippen molar-refractivity contribution in [1.82, 2.24) is 50.2 Å². The second kappa shape index (κ2) is 16.9. The van der Waals surface area contributed by atoms with Crippen LogP contribution < -0.4 is 0 Å². The third-order valence-corrected chi connectivity index (χ3v) is 5.28. The summed E-state index contributed by atoms with van der Waals surface area (Å²) in [6.07, 6.45) is 0. The van der Waals surface area contributed by atoms with E-state index in [4.69, 9.17) is 25.3 Å². The largest absolute Gasteiger partial charge is 2.00 e. The first-order chi connectivity index (χ1) is 18.3. The van der Waals surface area contributed by atoms with Crippen LogP contribution in [0.3, 0.4) is 0 Å². The van der Waals surface area contributed by atoms with E-state index in [-0.39, 0.29) is 26.2 Å². The first-order valence-electron chi connectivity index (χ1n) is 11.6. The van der Waals surface area contributed by atoms with Gasteiger partial charge in [0.1, 0.15) is 0 Å². The van der Waals surface area contributed by atoms with Crippen molar-refractivity contribution in [2.24, 2.45) is 0 Å². The van der Waals surface area contributed by atoms with Crippen LogP contribution in [0.4, 0.5) is 0 Å². The Morgan fingerprint density at radius 2 is 1.00 bits per heavy atom. The fourth-order valence-corrected chi connectivity index (χ4v) is 3.61. The molecule has 0 spiro atoms. The minimum Gasteiger partial charge on any atom is -0.738 e. The van der Waals surface area contributed by atoms with Crippen LogP contribution in [-0.2, 0) is 38.3 Å². The maximum atomic E-state index is 4.89. The van der Waals surface area contributed by atoms with Crippen LogP contribution >= 0.6 is 0 Å². The quantitative estimate of drug-likeness (QED) is 0.190. The van der Waals surface area contributed by atoms with Crippen molar-refractivity contribution in [1.29, 1.82) is 0 Å². The van der Waals surface area contributed by atoms with Crippen molar-refractivity contribution in [2.75, 3.05) is 28.2 Å². The Bertz CT molecular complexity index is 1260. The van der Waals surface area contributed by atoms with E-state index in [1.807, 2.05) is 60.7 Å². The molecule has 13 heteroatoms. The molecule has 0 amide bonds. The van der Waals surface area contributed by atoms with Gasteiger partial charge in [-0.3, -0.25) is 0 Å². The van der Waals surface area contributed by atoms with Crippen molar-refractivity contribution in [2.45, 2.75) is 23.4 Å². The Labute approximate surface area is 259 Å². The van der Waals surface area contributed by atoms with Crippen molar-refractivity contribution < 1.29 is 0 Å². The average molecular weight is 755 g/mol. The fourth-order valence-electron chi connectivity index (χ4n) is 3.26. The summed E-state index contributed by atoms with van der Waals surface area (Å²) in [6.45, 7) is 1.92. The zero-order chi connectivity index (χ0) is 27.3. The summed E-state index contributed by atoms with van der Waals surface area (Å²) >= 11 is 9.79. The monoisotopic (exact) mass is 754 g/mol. The van der Waals surface area contributed by atoms with Gasteiger partial charge in [-0.1, -0.05) is 54.6 Å². The zero-order valence-corrected chi connectivity index (χ0v) is 27.3. The summed E-state index contributed by atoms with van der Waals surface area (Å²) in [5, 5.41) is 22.4. The first-order valence-corrected chi connectivity index (χ1v) is 12.5. The average Bonchev–Trinajstić information content (AvgIpc) is 3.53. The molecule has 0 aliphatic carbocycles. The van der Waals surface area contributed by atoms with Gasteiger partial charge in [-0.2, -0.15) is 0 Å². The Balaban J connectivity index is 0.000000203. The van der Waals surface area contributed by atoms with Crippen molar-refractivity contribution >= 4 is 51.5 Å². The van der Waals surface area contributed by atoms with Crippen molar-refractivity contribution in [3.63, 3.8) is 0 Å². The van der Waals surface area contributed by atoms with Crippen LogP contribution in [0, 0.1) is 6.07 Å². The molecule has 0 saturated carbocycles. The Kier molecular flexibility index (Phi) is 14.0. The predicted octanol–water partition coefficient (Wildman–Crippen LogP) is 2.37. The Hall–Kier alpha value is -2.96. The van der Waals surface area contributed by atoms with Gasteiger partial charge in [-0.05, 0) is 90.5 Å². The number of tetrazole rings is 2. The van der Waals surface area contributed by atoms with Crippen LogP contribution in [0.5, 0.6) is 0 Å². The van der Waals surface area contributed by atoms with E-state index < -0.39 is 0 Å². The molecule has 0 unspecified atom stereocenters. The standard InChI is InChI=1S/C12H19N2.2C7H6N4S.Bi/c1-13(2)9-11-6-5-7-12(8-11)10-14(3)4;2*12-7-8-9-10-11(7)6-4-2-1-3-5-6;/h5-7H,9-10H2,1-4H3;2*1-5H,(H,8,10,12);/q;;;+2/p-2. The van der Waals surface area contributed by atoms with Gasteiger partial charge < -0.3 is 35.1 Å². The number of rotatable bonds is 6. The van der Waals surface area contributed by atoms with Gasteiger partial charge in [0.05, 0.1) is 11.4 Å². The van der Waals surface area contributed by atoms with E-state index in [0.29, 0.717) is 10.3 Å². The number of aromatic nitrogens is 8. The number of hydrogen-bond acceptors (Lipinski definition) is 10. The van der Waals surface area contributed by atoms with Gasteiger partial charge in [0.2, 0.25) is 0 Å². The molecule has 3 aromatic carbocycles. The topological polar surface area (TPSA) is 93.7 Å². The molecular weight excluding hydrogens is 725 g/mol. The molecule has 5 rings (SSSR count). The first kappa shape index (κ1) is 32.3. The summed E-state index contributed by atoms with van der Waals surface area (Å²) < 4.78 is 3.02. The third kappa shape index (κ3) is 11.0. The molecule has 0 atom stereocenters. The third-order valence-electron chi connectivity index (χ3n) is 4.77. The smallest absolute Gasteiger partial charge is 0.738 e. The maximum Gasteiger partial charge on any atom is 2.00 e. The molecule has 0 saturated heterocycles. The van der Waals surface area contributed by atoms with E-state index in [1.54, 1.807) is 0 Å². The van der Waals surface area contributed by atoms with Gasteiger partial charge in [-0.25, -0.2) is 9.36 Å². The predicted molar refractivity (Wildman–Crippen MR) is 155 cm³/mol. The minimum absolute atomic E-state index is 0. The number of nitrogens with zero attached hydrogens (tertiary/aromatic N) is 10. The minimum atomic E-state index is 0. The van der Waals surface area contributed by atoms with Crippen LogP contribution in [0.2, 0.25) is 0 Å². The van der Waals surface area contributed by atoms with Crippen LogP contribution in [0.1, 0.15) is 11.1 Å².